The predicted octanol–water partition coefficient (Wildman–Crippen LogP) is 2.71. The van der Waals surface area contributed by atoms with Crippen LogP contribution in [0.2, 0.25) is 0 Å². The van der Waals surface area contributed by atoms with Gasteiger partial charge in [0.15, 0.2) is 10.2 Å². The molecule has 0 aliphatic heterocycles. The third-order valence-corrected chi connectivity index (χ3v) is 3.33. The van der Waals surface area contributed by atoms with Crippen molar-refractivity contribution in [1.82, 2.24) is 14.3 Å². The van der Waals surface area contributed by atoms with Gasteiger partial charge < -0.3 is 0 Å². The average molecular weight is 223 g/mol. The summed E-state index contributed by atoms with van der Waals surface area (Å²) in [4.78, 5) is 8.37. The van der Waals surface area contributed by atoms with Gasteiger partial charge >= 0.3 is 0 Å². The van der Waals surface area contributed by atoms with Crippen molar-refractivity contribution in [3.05, 3.63) is 24.5 Å². The summed E-state index contributed by atoms with van der Waals surface area (Å²) in [5.74, 6) is 1.83. The van der Waals surface area contributed by atoms with E-state index in [1.54, 1.807) is 24.2 Å². The van der Waals surface area contributed by atoms with Crippen LogP contribution in [0.1, 0.15) is 6.92 Å². The molecule has 2 heterocycles. The van der Waals surface area contributed by atoms with Gasteiger partial charge in [0.25, 0.3) is 0 Å². The van der Waals surface area contributed by atoms with Gasteiger partial charge in [-0.15, -0.1) is 0 Å². The van der Waals surface area contributed by atoms with Gasteiger partial charge in [0.2, 0.25) is 0 Å². The summed E-state index contributed by atoms with van der Waals surface area (Å²) >= 11 is 3.17. The summed E-state index contributed by atoms with van der Waals surface area (Å²) in [6.45, 7) is 2.11. The Balaban J connectivity index is 2.25. The Morgan fingerprint density at radius 2 is 2.14 bits per heavy atom. The molecule has 2 aromatic rings. The maximum Gasteiger partial charge on any atom is 0.174 e. The molecule has 0 aliphatic rings. The zero-order valence-electron chi connectivity index (χ0n) is 7.67. The first kappa shape index (κ1) is 9.61. The van der Waals surface area contributed by atoms with Crippen LogP contribution in [0.3, 0.4) is 0 Å². The lowest BCUT2D eigenvalue weighted by atomic mass is 10.3. The first-order valence-electron chi connectivity index (χ1n) is 4.27. The standard InChI is InChI=1S/C9H9N3S2/c1-2-13-9-11-8(12-14-9)7-3-5-10-6-4-7/h3-6H,2H2,1H3. The van der Waals surface area contributed by atoms with Crippen LogP contribution in [-0.2, 0) is 0 Å². The van der Waals surface area contributed by atoms with Crippen LogP contribution in [0.25, 0.3) is 11.4 Å². The van der Waals surface area contributed by atoms with Crippen molar-refractivity contribution in [2.45, 2.75) is 11.3 Å². The smallest absolute Gasteiger partial charge is 0.174 e. The van der Waals surface area contributed by atoms with Gasteiger partial charge in [0.1, 0.15) is 0 Å². The van der Waals surface area contributed by atoms with Crippen molar-refractivity contribution in [1.29, 1.82) is 0 Å². The Labute approximate surface area is 90.8 Å². The Morgan fingerprint density at radius 3 is 2.86 bits per heavy atom. The number of thioether (sulfide) groups is 1. The van der Waals surface area contributed by atoms with E-state index in [9.17, 15) is 0 Å². The molecule has 0 spiro atoms. The number of hydrogen-bond acceptors (Lipinski definition) is 5. The highest BCUT2D eigenvalue weighted by molar-refractivity contribution is 8.00. The maximum atomic E-state index is 4.41. The Kier molecular flexibility index (Phi) is 3.10. The number of aromatic nitrogens is 3. The lowest BCUT2D eigenvalue weighted by molar-refractivity contribution is 1.21. The van der Waals surface area contributed by atoms with Gasteiger partial charge in [-0.3, -0.25) is 4.98 Å². The molecule has 72 valence electrons. The molecule has 0 aromatic carbocycles. The van der Waals surface area contributed by atoms with Gasteiger partial charge in [-0.25, -0.2) is 4.98 Å². The molecule has 14 heavy (non-hydrogen) atoms. The van der Waals surface area contributed by atoms with Gasteiger partial charge in [-0.1, -0.05) is 18.7 Å². The molecule has 3 nitrogen and oxygen atoms in total. The topological polar surface area (TPSA) is 38.7 Å². The molecular formula is C9H9N3S2. The van der Waals surface area contributed by atoms with E-state index >= 15 is 0 Å². The lowest BCUT2D eigenvalue weighted by Crippen LogP contribution is -1.80. The van der Waals surface area contributed by atoms with E-state index in [-0.39, 0.29) is 0 Å². The molecule has 5 heteroatoms. The van der Waals surface area contributed by atoms with Gasteiger partial charge in [-0.2, -0.15) is 4.37 Å². The largest absolute Gasteiger partial charge is 0.265 e. The zero-order chi connectivity index (χ0) is 9.80. The van der Waals surface area contributed by atoms with Crippen LogP contribution < -0.4 is 0 Å². The molecule has 0 saturated carbocycles. The summed E-state index contributed by atoms with van der Waals surface area (Å²) in [7, 11) is 0. The molecule has 0 amide bonds. The first-order valence-corrected chi connectivity index (χ1v) is 6.03. The van der Waals surface area contributed by atoms with Crippen LogP contribution in [0.5, 0.6) is 0 Å². The minimum absolute atomic E-state index is 0.799. The molecular weight excluding hydrogens is 214 g/mol. The van der Waals surface area contributed by atoms with Crippen molar-refractivity contribution in [2.24, 2.45) is 0 Å². The van der Waals surface area contributed by atoms with Crippen LogP contribution in [0.15, 0.2) is 28.9 Å². The van der Waals surface area contributed by atoms with Gasteiger partial charge in [0, 0.05) is 18.0 Å². The van der Waals surface area contributed by atoms with E-state index in [4.69, 9.17) is 0 Å². The third-order valence-electron chi connectivity index (χ3n) is 1.61. The summed E-state index contributed by atoms with van der Waals surface area (Å²) < 4.78 is 5.31. The Morgan fingerprint density at radius 1 is 1.36 bits per heavy atom. The summed E-state index contributed by atoms with van der Waals surface area (Å²) in [5, 5.41) is 0. The molecule has 0 unspecified atom stereocenters. The molecule has 0 aliphatic carbocycles. The molecule has 2 aromatic heterocycles. The second kappa shape index (κ2) is 4.52. The number of nitrogens with zero attached hydrogens (tertiary/aromatic N) is 3. The highest BCUT2D eigenvalue weighted by Gasteiger charge is 2.05. The highest BCUT2D eigenvalue weighted by atomic mass is 32.2. The van der Waals surface area contributed by atoms with Crippen molar-refractivity contribution < 1.29 is 0 Å². The van der Waals surface area contributed by atoms with Gasteiger partial charge in [0.05, 0.1) is 0 Å². The fraction of sp³-hybridized carbons (Fsp3) is 0.222. The van der Waals surface area contributed by atoms with E-state index in [1.807, 2.05) is 12.1 Å². The number of pyridine rings is 1. The highest BCUT2D eigenvalue weighted by Crippen LogP contribution is 2.24. The summed E-state index contributed by atoms with van der Waals surface area (Å²) in [6, 6.07) is 3.84. The molecule has 0 fully saturated rings. The van der Waals surface area contributed by atoms with Crippen molar-refractivity contribution >= 4 is 23.3 Å². The van der Waals surface area contributed by atoms with Crippen molar-refractivity contribution in [3.63, 3.8) is 0 Å². The second-order valence-corrected chi connectivity index (χ2v) is 4.82. The van der Waals surface area contributed by atoms with E-state index in [0.29, 0.717) is 0 Å². The van der Waals surface area contributed by atoms with Crippen LogP contribution in [-0.4, -0.2) is 20.1 Å². The zero-order valence-corrected chi connectivity index (χ0v) is 9.31. The Bertz CT molecular complexity index is 399. The van der Waals surface area contributed by atoms with E-state index in [1.165, 1.54) is 11.5 Å². The minimum atomic E-state index is 0.799. The molecule has 0 saturated heterocycles. The van der Waals surface area contributed by atoms with E-state index in [0.717, 1.165) is 21.5 Å². The Hall–Kier alpha value is -0.940. The average Bonchev–Trinajstić information content (AvgIpc) is 2.68. The first-order chi connectivity index (χ1) is 6.90. The van der Waals surface area contributed by atoms with Crippen molar-refractivity contribution in [3.8, 4) is 11.4 Å². The maximum absolute atomic E-state index is 4.41. The fourth-order valence-corrected chi connectivity index (χ4v) is 2.52. The quantitative estimate of drug-likeness (QED) is 0.750. The van der Waals surface area contributed by atoms with Gasteiger partial charge in [-0.05, 0) is 29.4 Å². The summed E-state index contributed by atoms with van der Waals surface area (Å²) in [6.07, 6.45) is 3.51. The SMILES string of the molecule is CCSc1nc(-c2ccncc2)ns1. The second-order valence-electron chi connectivity index (χ2n) is 2.55. The number of rotatable bonds is 3. The molecule has 0 radical (unpaired) electrons. The minimum Gasteiger partial charge on any atom is -0.265 e. The fourth-order valence-electron chi connectivity index (χ4n) is 1.01. The van der Waals surface area contributed by atoms with Crippen LogP contribution >= 0.6 is 23.3 Å². The van der Waals surface area contributed by atoms with E-state index < -0.39 is 0 Å². The molecule has 0 atom stereocenters. The van der Waals surface area contributed by atoms with Crippen LogP contribution in [0.4, 0.5) is 0 Å². The van der Waals surface area contributed by atoms with Crippen molar-refractivity contribution in [2.75, 3.05) is 5.75 Å². The predicted molar refractivity (Wildman–Crippen MR) is 59.5 cm³/mol. The molecule has 0 N–H and O–H groups in total. The molecule has 0 bridgehead atoms. The monoisotopic (exact) mass is 223 g/mol. The van der Waals surface area contributed by atoms with Crippen LogP contribution in [0, 0.1) is 0 Å². The lowest BCUT2D eigenvalue weighted by Gasteiger charge is -1.91. The molecule has 2 rings (SSSR count). The normalized spacial score (nSPS) is 10.4. The number of hydrogen-bond donors (Lipinski definition) is 0. The summed E-state index contributed by atoms with van der Waals surface area (Å²) in [5.41, 5.74) is 1.03. The van der Waals surface area contributed by atoms with E-state index in [2.05, 4.69) is 21.3 Å². The third kappa shape index (κ3) is 2.10.